The average molecular weight is 226 g/mol. The van der Waals surface area contributed by atoms with Gasteiger partial charge in [-0.25, -0.2) is 0 Å². The van der Waals surface area contributed by atoms with Crippen molar-refractivity contribution >= 4 is 23.1 Å². The Hall–Kier alpha value is -0.640. The SMILES string of the molecule is CC1CC(NC(=O)C2(C(N)=S)CCC2)C1. The monoisotopic (exact) mass is 226 g/mol. The summed E-state index contributed by atoms with van der Waals surface area (Å²) in [5.74, 6) is 0.815. The van der Waals surface area contributed by atoms with E-state index in [2.05, 4.69) is 12.2 Å². The molecule has 2 aliphatic carbocycles. The summed E-state index contributed by atoms with van der Waals surface area (Å²) in [5.41, 5.74) is 5.16. The predicted molar refractivity (Wildman–Crippen MR) is 63.4 cm³/mol. The summed E-state index contributed by atoms with van der Waals surface area (Å²) in [6.45, 7) is 2.20. The highest BCUT2D eigenvalue weighted by atomic mass is 32.1. The van der Waals surface area contributed by atoms with E-state index in [9.17, 15) is 4.79 Å². The van der Waals surface area contributed by atoms with Crippen LogP contribution in [0.25, 0.3) is 0 Å². The van der Waals surface area contributed by atoms with Crippen molar-refractivity contribution in [3.8, 4) is 0 Å². The second kappa shape index (κ2) is 3.74. The Morgan fingerprint density at radius 2 is 2.07 bits per heavy atom. The summed E-state index contributed by atoms with van der Waals surface area (Å²) in [6, 6.07) is 0.360. The maximum Gasteiger partial charge on any atom is 0.233 e. The van der Waals surface area contributed by atoms with Gasteiger partial charge in [0.15, 0.2) is 0 Å². The summed E-state index contributed by atoms with van der Waals surface area (Å²) >= 11 is 5.00. The predicted octanol–water partition coefficient (Wildman–Crippen LogP) is 1.36. The second-order valence-electron chi connectivity index (χ2n) is 5.05. The molecule has 15 heavy (non-hydrogen) atoms. The van der Waals surface area contributed by atoms with Gasteiger partial charge in [0.2, 0.25) is 5.91 Å². The van der Waals surface area contributed by atoms with E-state index in [1.54, 1.807) is 0 Å². The first-order valence-corrected chi connectivity index (χ1v) is 6.06. The minimum Gasteiger partial charge on any atom is -0.392 e. The first-order chi connectivity index (χ1) is 7.04. The standard InChI is InChI=1S/C11H18N2OS/c1-7-5-8(6-7)13-10(14)11(9(12)15)3-2-4-11/h7-8H,2-6H2,1H3,(H2,12,15)(H,13,14). The number of hydrogen-bond acceptors (Lipinski definition) is 2. The van der Waals surface area contributed by atoms with E-state index in [0.717, 1.165) is 38.0 Å². The molecule has 0 aliphatic heterocycles. The summed E-state index contributed by atoms with van der Waals surface area (Å²) in [4.78, 5) is 12.4. The molecule has 4 heteroatoms. The number of carbonyl (C=O) groups is 1. The molecule has 3 N–H and O–H groups in total. The van der Waals surface area contributed by atoms with Crippen molar-refractivity contribution in [1.29, 1.82) is 0 Å². The lowest BCUT2D eigenvalue weighted by atomic mass is 9.67. The van der Waals surface area contributed by atoms with Gasteiger partial charge in [-0.3, -0.25) is 4.79 Å². The number of thiocarbonyl (C=S) groups is 1. The van der Waals surface area contributed by atoms with Crippen molar-refractivity contribution in [2.75, 3.05) is 0 Å². The molecule has 2 fully saturated rings. The zero-order valence-corrected chi connectivity index (χ0v) is 9.90. The number of rotatable bonds is 3. The Morgan fingerprint density at radius 1 is 1.47 bits per heavy atom. The summed E-state index contributed by atoms with van der Waals surface area (Å²) in [5, 5.41) is 3.06. The van der Waals surface area contributed by atoms with Crippen LogP contribution in [0.3, 0.4) is 0 Å². The molecule has 0 aromatic carbocycles. The van der Waals surface area contributed by atoms with Crippen LogP contribution in [-0.4, -0.2) is 16.9 Å². The van der Waals surface area contributed by atoms with Gasteiger partial charge >= 0.3 is 0 Å². The summed E-state index contributed by atoms with van der Waals surface area (Å²) in [6.07, 6.45) is 4.91. The molecular formula is C11H18N2OS. The number of nitrogens with one attached hydrogen (secondary N) is 1. The van der Waals surface area contributed by atoms with Crippen LogP contribution in [0.15, 0.2) is 0 Å². The highest BCUT2D eigenvalue weighted by Crippen LogP contribution is 2.42. The molecule has 0 bridgehead atoms. The molecule has 0 radical (unpaired) electrons. The van der Waals surface area contributed by atoms with Gasteiger partial charge in [-0.05, 0) is 31.6 Å². The normalized spacial score (nSPS) is 32.3. The fourth-order valence-corrected chi connectivity index (χ4v) is 2.76. The van der Waals surface area contributed by atoms with Crippen LogP contribution < -0.4 is 11.1 Å². The fraction of sp³-hybridized carbons (Fsp3) is 0.818. The first-order valence-electron chi connectivity index (χ1n) is 5.65. The van der Waals surface area contributed by atoms with Crippen molar-refractivity contribution in [3.05, 3.63) is 0 Å². The van der Waals surface area contributed by atoms with E-state index in [0.29, 0.717) is 11.0 Å². The van der Waals surface area contributed by atoms with Crippen LogP contribution >= 0.6 is 12.2 Å². The van der Waals surface area contributed by atoms with Crippen LogP contribution in [0.1, 0.15) is 39.0 Å². The van der Waals surface area contributed by atoms with E-state index in [1.807, 2.05) is 0 Å². The van der Waals surface area contributed by atoms with Crippen molar-refractivity contribution < 1.29 is 4.79 Å². The second-order valence-corrected chi connectivity index (χ2v) is 5.49. The fourth-order valence-electron chi connectivity index (χ4n) is 2.46. The quantitative estimate of drug-likeness (QED) is 0.714. The van der Waals surface area contributed by atoms with E-state index >= 15 is 0 Å². The van der Waals surface area contributed by atoms with E-state index in [4.69, 9.17) is 18.0 Å². The van der Waals surface area contributed by atoms with Crippen LogP contribution in [0, 0.1) is 11.3 Å². The Bertz CT molecular complexity index is 293. The number of nitrogens with two attached hydrogens (primary N) is 1. The third-order valence-electron chi connectivity index (χ3n) is 3.82. The first kappa shape index (κ1) is 10.9. The van der Waals surface area contributed by atoms with Gasteiger partial charge in [0.1, 0.15) is 0 Å². The Balaban J connectivity index is 1.92. The average Bonchev–Trinajstić information content (AvgIpc) is 1.97. The maximum absolute atomic E-state index is 12.0. The summed E-state index contributed by atoms with van der Waals surface area (Å²) < 4.78 is 0. The third kappa shape index (κ3) is 1.75. The summed E-state index contributed by atoms with van der Waals surface area (Å²) in [7, 11) is 0. The highest BCUT2D eigenvalue weighted by Gasteiger charge is 2.47. The van der Waals surface area contributed by atoms with Gasteiger partial charge in [0, 0.05) is 6.04 Å². The van der Waals surface area contributed by atoms with Gasteiger partial charge in [-0.2, -0.15) is 0 Å². The minimum atomic E-state index is -0.506. The van der Waals surface area contributed by atoms with Gasteiger partial charge in [-0.15, -0.1) is 0 Å². The zero-order chi connectivity index (χ0) is 11.1. The zero-order valence-electron chi connectivity index (χ0n) is 9.08. The third-order valence-corrected chi connectivity index (χ3v) is 4.21. The number of amides is 1. The number of carbonyl (C=O) groups excluding carboxylic acids is 1. The Kier molecular flexibility index (Phi) is 2.71. The van der Waals surface area contributed by atoms with E-state index in [1.165, 1.54) is 0 Å². The molecule has 0 atom stereocenters. The van der Waals surface area contributed by atoms with Gasteiger partial charge in [0.05, 0.1) is 10.4 Å². The van der Waals surface area contributed by atoms with Gasteiger partial charge in [-0.1, -0.05) is 25.6 Å². The Labute approximate surface area is 95.8 Å². The molecule has 0 heterocycles. The molecule has 2 saturated carbocycles. The van der Waals surface area contributed by atoms with Crippen LogP contribution in [0.2, 0.25) is 0 Å². The molecule has 84 valence electrons. The van der Waals surface area contributed by atoms with Gasteiger partial charge < -0.3 is 11.1 Å². The van der Waals surface area contributed by atoms with E-state index in [-0.39, 0.29) is 5.91 Å². The molecule has 0 aromatic heterocycles. The largest absolute Gasteiger partial charge is 0.392 e. The molecule has 0 aromatic rings. The molecule has 0 saturated heterocycles. The highest BCUT2D eigenvalue weighted by molar-refractivity contribution is 7.80. The van der Waals surface area contributed by atoms with Gasteiger partial charge in [0.25, 0.3) is 0 Å². The van der Waals surface area contributed by atoms with Crippen LogP contribution in [0.4, 0.5) is 0 Å². The molecule has 1 amide bonds. The van der Waals surface area contributed by atoms with Crippen molar-refractivity contribution in [2.24, 2.45) is 17.1 Å². The van der Waals surface area contributed by atoms with Crippen LogP contribution in [-0.2, 0) is 4.79 Å². The molecule has 3 nitrogen and oxygen atoms in total. The smallest absolute Gasteiger partial charge is 0.233 e. The van der Waals surface area contributed by atoms with E-state index < -0.39 is 5.41 Å². The molecule has 2 aliphatic rings. The van der Waals surface area contributed by atoms with Crippen LogP contribution in [0.5, 0.6) is 0 Å². The topological polar surface area (TPSA) is 55.1 Å². The lowest BCUT2D eigenvalue weighted by Crippen LogP contribution is -2.57. The van der Waals surface area contributed by atoms with Crippen molar-refractivity contribution in [1.82, 2.24) is 5.32 Å². The molecule has 2 rings (SSSR count). The Morgan fingerprint density at radius 3 is 2.40 bits per heavy atom. The minimum absolute atomic E-state index is 0.0677. The molecular weight excluding hydrogens is 208 g/mol. The number of hydrogen-bond donors (Lipinski definition) is 2. The lowest BCUT2D eigenvalue weighted by molar-refractivity contribution is -0.132. The maximum atomic E-state index is 12.0. The van der Waals surface area contributed by atoms with Crippen molar-refractivity contribution in [2.45, 2.75) is 45.1 Å². The molecule has 0 unspecified atom stereocenters. The van der Waals surface area contributed by atoms with Crippen molar-refractivity contribution in [3.63, 3.8) is 0 Å². The molecule has 0 spiro atoms. The lowest BCUT2D eigenvalue weighted by Gasteiger charge is -2.42.